The number of nitrogens with zero attached hydrogens (tertiary/aromatic N) is 1. The van der Waals surface area contributed by atoms with E-state index in [0.717, 1.165) is 5.56 Å². The number of rotatable bonds is 5. The predicted molar refractivity (Wildman–Crippen MR) is 67.5 cm³/mol. The Kier molecular flexibility index (Phi) is 5.10. The van der Waals surface area contributed by atoms with Gasteiger partial charge in [-0.1, -0.05) is 13.3 Å². The third-order valence-corrected chi connectivity index (χ3v) is 2.31. The lowest BCUT2D eigenvalue weighted by Gasteiger charge is -2.14. The van der Waals surface area contributed by atoms with E-state index in [4.69, 9.17) is 5.11 Å². The van der Waals surface area contributed by atoms with Crippen LogP contribution in [0.25, 0.3) is 0 Å². The zero-order valence-electron chi connectivity index (χ0n) is 10.4. The van der Waals surface area contributed by atoms with Crippen LogP contribution in [0.2, 0.25) is 0 Å². The van der Waals surface area contributed by atoms with E-state index in [1.165, 1.54) is 6.20 Å². The number of hydrogen-bond acceptors (Lipinski definition) is 3. The van der Waals surface area contributed by atoms with Gasteiger partial charge in [-0.2, -0.15) is 0 Å². The van der Waals surface area contributed by atoms with Gasteiger partial charge in [-0.3, -0.25) is 4.98 Å². The quantitative estimate of drug-likeness (QED) is 0.743. The molecule has 0 aliphatic heterocycles. The van der Waals surface area contributed by atoms with Crippen molar-refractivity contribution in [3.63, 3.8) is 0 Å². The molecular formula is C12H17N3O3. The molecule has 0 spiro atoms. The van der Waals surface area contributed by atoms with E-state index in [2.05, 4.69) is 15.6 Å². The molecule has 0 unspecified atom stereocenters. The average Bonchev–Trinajstić information content (AvgIpc) is 2.28. The van der Waals surface area contributed by atoms with E-state index in [1.807, 2.05) is 13.8 Å². The average molecular weight is 251 g/mol. The zero-order valence-corrected chi connectivity index (χ0v) is 10.4. The van der Waals surface area contributed by atoms with Crippen LogP contribution in [0.1, 0.15) is 25.3 Å². The van der Waals surface area contributed by atoms with E-state index in [0.29, 0.717) is 18.5 Å². The summed E-state index contributed by atoms with van der Waals surface area (Å²) in [6, 6.07) is 0.346. The van der Waals surface area contributed by atoms with Crippen molar-refractivity contribution in [3.8, 4) is 0 Å². The third kappa shape index (κ3) is 4.40. The molecular weight excluding hydrogens is 234 g/mol. The number of anilines is 1. The van der Waals surface area contributed by atoms with Crippen LogP contribution in [-0.2, 0) is 4.79 Å². The number of nitrogens with one attached hydrogen (secondary N) is 2. The highest BCUT2D eigenvalue weighted by atomic mass is 16.4. The first kappa shape index (κ1) is 14.0. The molecule has 2 amide bonds. The fourth-order valence-corrected chi connectivity index (χ4v) is 1.49. The van der Waals surface area contributed by atoms with Crippen LogP contribution in [0.5, 0.6) is 0 Å². The number of carbonyl (C=O) groups excluding carboxylic acids is 1. The summed E-state index contributed by atoms with van der Waals surface area (Å²) in [6.45, 7) is 3.72. The van der Waals surface area contributed by atoms with Crippen LogP contribution in [0.4, 0.5) is 10.5 Å². The largest absolute Gasteiger partial charge is 0.480 e. The van der Waals surface area contributed by atoms with Crippen molar-refractivity contribution in [2.45, 2.75) is 32.7 Å². The fourth-order valence-electron chi connectivity index (χ4n) is 1.49. The van der Waals surface area contributed by atoms with E-state index < -0.39 is 18.0 Å². The van der Waals surface area contributed by atoms with Crippen molar-refractivity contribution in [1.29, 1.82) is 0 Å². The summed E-state index contributed by atoms with van der Waals surface area (Å²) in [6.07, 6.45) is 4.25. The zero-order chi connectivity index (χ0) is 13.5. The number of aryl methyl sites for hydroxylation is 1. The maximum atomic E-state index is 11.6. The monoisotopic (exact) mass is 251 g/mol. The van der Waals surface area contributed by atoms with Gasteiger partial charge < -0.3 is 15.7 Å². The molecule has 0 bridgehead atoms. The van der Waals surface area contributed by atoms with E-state index >= 15 is 0 Å². The molecule has 6 nitrogen and oxygen atoms in total. The Morgan fingerprint density at radius 3 is 2.72 bits per heavy atom. The second kappa shape index (κ2) is 6.58. The number of carbonyl (C=O) groups is 2. The van der Waals surface area contributed by atoms with Crippen molar-refractivity contribution >= 4 is 17.7 Å². The van der Waals surface area contributed by atoms with Gasteiger partial charge in [-0.25, -0.2) is 9.59 Å². The standard InChI is InChI=1S/C12H17N3O3/c1-3-4-10(11(16)17)15-12(18)14-9-5-8(2)6-13-7-9/h5-7,10H,3-4H2,1-2H3,(H,16,17)(H2,14,15,18)/t10-/m0/s1. The number of amides is 2. The van der Waals surface area contributed by atoms with Crippen LogP contribution in [0.15, 0.2) is 18.5 Å². The molecule has 0 aliphatic rings. The summed E-state index contributed by atoms with van der Waals surface area (Å²) in [7, 11) is 0. The molecule has 1 rings (SSSR count). The second-order valence-electron chi connectivity index (χ2n) is 4.03. The van der Waals surface area contributed by atoms with Crippen LogP contribution >= 0.6 is 0 Å². The van der Waals surface area contributed by atoms with Gasteiger partial charge in [0.2, 0.25) is 0 Å². The van der Waals surface area contributed by atoms with Crippen molar-refractivity contribution in [1.82, 2.24) is 10.3 Å². The maximum Gasteiger partial charge on any atom is 0.326 e. The molecule has 1 atom stereocenters. The molecule has 0 fully saturated rings. The molecule has 0 aliphatic carbocycles. The van der Waals surface area contributed by atoms with Gasteiger partial charge in [0.05, 0.1) is 11.9 Å². The summed E-state index contributed by atoms with van der Waals surface area (Å²) in [5, 5.41) is 13.9. The SMILES string of the molecule is CCC[C@H](NC(=O)Nc1cncc(C)c1)C(=O)O. The Morgan fingerprint density at radius 2 is 2.17 bits per heavy atom. The summed E-state index contributed by atoms with van der Waals surface area (Å²) in [5.74, 6) is -1.03. The number of carboxylic acid groups (broad SMARTS) is 1. The summed E-state index contributed by atoms with van der Waals surface area (Å²) in [5.41, 5.74) is 1.45. The Labute approximate surface area is 105 Å². The predicted octanol–water partition coefficient (Wildman–Crippen LogP) is 1.76. The van der Waals surface area contributed by atoms with Gasteiger partial charge in [0.15, 0.2) is 0 Å². The van der Waals surface area contributed by atoms with Gasteiger partial charge in [-0.05, 0) is 25.0 Å². The number of aliphatic carboxylic acids is 1. The van der Waals surface area contributed by atoms with E-state index in [9.17, 15) is 9.59 Å². The van der Waals surface area contributed by atoms with E-state index in [-0.39, 0.29) is 0 Å². The van der Waals surface area contributed by atoms with Crippen LogP contribution in [0, 0.1) is 6.92 Å². The second-order valence-corrected chi connectivity index (χ2v) is 4.03. The Balaban J connectivity index is 2.57. The minimum absolute atomic E-state index is 0.398. The molecule has 3 N–H and O–H groups in total. The Morgan fingerprint density at radius 1 is 1.44 bits per heavy atom. The highest BCUT2D eigenvalue weighted by Crippen LogP contribution is 2.07. The smallest absolute Gasteiger partial charge is 0.326 e. The fraction of sp³-hybridized carbons (Fsp3) is 0.417. The topological polar surface area (TPSA) is 91.3 Å². The summed E-state index contributed by atoms with van der Waals surface area (Å²) in [4.78, 5) is 26.4. The van der Waals surface area contributed by atoms with Gasteiger partial charge in [0, 0.05) is 6.20 Å². The Bertz CT molecular complexity index is 434. The van der Waals surface area contributed by atoms with Crippen molar-refractivity contribution in [2.24, 2.45) is 0 Å². The highest BCUT2D eigenvalue weighted by molar-refractivity contribution is 5.92. The van der Waals surface area contributed by atoms with Crippen molar-refractivity contribution in [2.75, 3.05) is 5.32 Å². The lowest BCUT2D eigenvalue weighted by molar-refractivity contribution is -0.139. The van der Waals surface area contributed by atoms with Crippen LogP contribution in [0.3, 0.4) is 0 Å². The first-order valence-electron chi connectivity index (χ1n) is 5.75. The summed E-state index contributed by atoms with van der Waals surface area (Å²) >= 11 is 0. The summed E-state index contributed by atoms with van der Waals surface area (Å²) < 4.78 is 0. The highest BCUT2D eigenvalue weighted by Gasteiger charge is 2.18. The minimum atomic E-state index is -1.03. The van der Waals surface area contributed by atoms with Gasteiger partial charge >= 0.3 is 12.0 Å². The molecule has 0 aromatic carbocycles. The van der Waals surface area contributed by atoms with Crippen LogP contribution < -0.4 is 10.6 Å². The Hall–Kier alpha value is -2.11. The number of pyridine rings is 1. The number of hydrogen-bond donors (Lipinski definition) is 3. The third-order valence-electron chi connectivity index (χ3n) is 2.31. The first-order chi connectivity index (χ1) is 8.52. The number of urea groups is 1. The normalized spacial score (nSPS) is 11.7. The molecule has 18 heavy (non-hydrogen) atoms. The number of aromatic nitrogens is 1. The molecule has 0 saturated heterocycles. The van der Waals surface area contributed by atoms with Gasteiger partial charge in [0.25, 0.3) is 0 Å². The number of carboxylic acids is 1. The molecule has 1 aromatic rings. The molecule has 0 saturated carbocycles. The molecule has 1 heterocycles. The first-order valence-corrected chi connectivity index (χ1v) is 5.75. The van der Waals surface area contributed by atoms with Gasteiger partial charge in [0.1, 0.15) is 6.04 Å². The van der Waals surface area contributed by atoms with Gasteiger partial charge in [-0.15, -0.1) is 0 Å². The van der Waals surface area contributed by atoms with Crippen LogP contribution in [-0.4, -0.2) is 28.1 Å². The minimum Gasteiger partial charge on any atom is -0.480 e. The lowest BCUT2D eigenvalue weighted by Crippen LogP contribution is -2.42. The van der Waals surface area contributed by atoms with E-state index in [1.54, 1.807) is 12.3 Å². The molecule has 6 heteroatoms. The lowest BCUT2D eigenvalue weighted by atomic mass is 10.2. The molecule has 98 valence electrons. The molecule has 0 radical (unpaired) electrons. The molecule has 1 aromatic heterocycles. The van der Waals surface area contributed by atoms with Crippen molar-refractivity contribution < 1.29 is 14.7 Å². The maximum absolute atomic E-state index is 11.6. The van der Waals surface area contributed by atoms with Crippen molar-refractivity contribution in [3.05, 3.63) is 24.0 Å².